The fourth-order valence-corrected chi connectivity index (χ4v) is 5.57. The third kappa shape index (κ3) is 4.41. The predicted molar refractivity (Wildman–Crippen MR) is 121 cm³/mol. The van der Waals surface area contributed by atoms with Gasteiger partial charge in [0.05, 0.1) is 23.3 Å². The standard InChI is InChI=1S/C21H22N4O3S2/c1-22-17(26)9-12-5-2-3-7-14(12)23-18(27)11-29-10-16-24-20(28)19-13-6-4-8-15(13)30-21(19)25-16/h2-3,5,7H,4,6,8-11H2,1H3,(H,22,26)(H,23,27)(H,24,25,28). The van der Waals surface area contributed by atoms with Crippen LogP contribution < -0.4 is 16.2 Å². The number of carbonyl (C=O) groups is 2. The minimum atomic E-state index is -0.164. The van der Waals surface area contributed by atoms with Crippen LogP contribution in [0.25, 0.3) is 10.2 Å². The van der Waals surface area contributed by atoms with Crippen LogP contribution in [0.3, 0.4) is 0 Å². The number of likely N-dealkylation sites (N-methyl/N-ethyl adjacent to an activating group) is 1. The molecule has 4 rings (SSSR count). The average molecular weight is 443 g/mol. The van der Waals surface area contributed by atoms with Crippen LogP contribution in [0.4, 0.5) is 5.69 Å². The molecule has 1 aliphatic carbocycles. The second-order valence-corrected chi connectivity index (χ2v) is 9.17. The SMILES string of the molecule is CNC(=O)Cc1ccccc1NC(=O)CSCc1nc2sc3c(c2c(=O)[nH]1)CCC3. The van der Waals surface area contributed by atoms with Gasteiger partial charge in [-0.25, -0.2) is 4.98 Å². The number of aryl methyl sites for hydroxylation is 2. The van der Waals surface area contributed by atoms with E-state index in [1.165, 1.54) is 16.6 Å². The molecular formula is C21H22N4O3S2. The summed E-state index contributed by atoms with van der Waals surface area (Å²) in [5.74, 6) is 0.974. The third-order valence-electron chi connectivity index (χ3n) is 5.02. The Bertz CT molecular complexity index is 1170. The first-order valence-corrected chi connectivity index (χ1v) is 11.7. The van der Waals surface area contributed by atoms with Crippen molar-refractivity contribution in [1.82, 2.24) is 15.3 Å². The number of carbonyl (C=O) groups excluding carboxylic acids is 2. The fourth-order valence-electron chi connectivity index (χ4n) is 3.60. The number of benzene rings is 1. The molecule has 2 amide bonds. The van der Waals surface area contributed by atoms with Crippen molar-refractivity contribution in [2.24, 2.45) is 0 Å². The number of nitrogens with one attached hydrogen (secondary N) is 3. The van der Waals surface area contributed by atoms with Crippen molar-refractivity contribution >= 4 is 50.8 Å². The number of aromatic nitrogens is 2. The highest BCUT2D eigenvalue weighted by Crippen LogP contribution is 2.34. The molecule has 0 fully saturated rings. The summed E-state index contributed by atoms with van der Waals surface area (Å²) in [4.78, 5) is 46.1. The summed E-state index contributed by atoms with van der Waals surface area (Å²) >= 11 is 3.00. The second-order valence-electron chi connectivity index (χ2n) is 7.10. The van der Waals surface area contributed by atoms with Crippen LogP contribution in [0.2, 0.25) is 0 Å². The Morgan fingerprint density at radius 3 is 2.90 bits per heavy atom. The zero-order chi connectivity index (χ0) is 21.1. The highest BCUT2D eigenvalue weighted by Gasteiger charge is 2.21. The number of hydrogen-bond acceptors (Lipinski definition) is 6. The maximum absolute atomic E-state index is 12.5. The van der Waals surface area contributed by atoms with E-state index in [0.717, 1.165) is 40.6 Å². The lowest BCUT2D eigenvalue weighted by molar-refractivity contribution is -0.120. The molecule has 0 aliphatic heterocycles. The van der Waals surface area contributed by atoms with Crippen LogP contribution in [0, 0.1) is 0 Å². The number of nitrogens with zero attached hydrogens (tertiary/aromatic N) is 1. The monoisotopic (exact) mass is 442 g/mol. The lowest BCUT2D eigenvalue weighted by Gasteiger charge is -2.10. The lowest BCUT2D eigenvalue weighted by Crippen LogP contribution is -2.22. The normalized spacial score (nSPS) is 12.7. The molecular weight excluding hydrogens is 420 g/mol. The van der Waals surface area contributed by atoms with E-state index in [1.807, 2.05) is 18.2 Å². The molecule has 0 radical (unpaired) electrons. The molecule has 0 saturated heterocycles. The molecule has 0 unspecified atom stereocenters. The zero-order valence-corrected chi connectivity index (χ0v) is 18.2. The number of aromatic amines is 1. The van der Waals surface area contributed by atoms with Crippen LogP contribution >= 0.6 is 23.1 Å². The molecule has 0 bridgehead atoms. The molecule has 9 heteroatoms. The number of amides is 2. The van der Waals surface area contributed by atoms with E-state index in [9.17, 15) is 14.4 Å². The quantitative estimate of drug-likeness (QED) is 0.522. The molecule has 0 spiro atoms. The number of para-hydroxylation sites is 1. The molecule has 1 aromatic carbocycles. The van der Waals surface area contributed by atoms with Crippen LogP contribution in [-0.4, -0.2) is 34.6 Å². The van der Waals surface area contributed by atoms with Gasteiger partial charge in [-0.3, -0.25) is 14.4 Å². The largest absolute Gasteiger partial charge is 0.359 e. The van der Waals surface area contributed by atoms with E-state index in [2.05, 4.69) is 20.6 Å². The fraction of sp³-hybridized carbons (Fsp3) is 0.333. The smallest absolute Gasteiger partial charge is 0.259 e. The molecule has 3 N–H and O–H groups in total. The summed E-state index contributed by atoms with van der Waals surface area (Å²) in [6.45, 7) is 0. The van der Waals surface area contributed by atoms with Crippen LogP contribution in [-0.2, 0) is 34.6 Å². The minimum absolute atomic E-state index is 0.0809. The zero-order valence-electron chi connectivity index (χ0n) is 16.5. The van der Waals surface area contributed by atoms with E-state index in [4.69, 9.17) is 0 Å². The van der Waals surface area contributed by atoms with Crippen molar-refractivity contribution in [3.8, 4) is 0 Å². The van der Waals surface area contributed by atoms with E-state index in [0.29, 0.717) is 17.3 Å². The summed E-state index contributed by atoms with van der Waals surface area (Å²) in [5.41, 5.74) is 2.48. The van der Waals surface area contributed by atoms with Crippen LogP contribution in [0.5, 0.6) is 0 Å². The number of thiophene rings is 1. The number of hydrogen-bond donors (Lipinski definition) is 3. The highest BCUT2D eigenvalue weighted by atomic mass is 32.2. The van der Waals surface area contributed by atoms with Crippen molar-refractivity contribution in [2.75, 3.05) is 18.1 Å². The first-order chi connectivity index (χ1) is 14.5. The van der Waals surface area contributed by atoms with Gasteiger partial charge < -0.3 is 15.6 Å². The van der Waals surface area contributed by atoms with E-state index < -0.39 is 0 Å². The van der Waals surface area contributed by atoms with Gasteiger partial charge in [0.25, 0.3) is 5.56 Å². The molecule has 1 aliphatic rings. The van der Waals surface area contributed by atoms with Gasteiger partial charge in [-0.05, 0) is 36.5 Å². The number of fused-ring (bicyclic) bond motifs is 3. The van der Waals surface area contributed by atoms with Gasteiger partial charge in [-0.15, -0.1) is 23.1 Å². The van der Waals surface area contributed by atoms with E-state index in [-0.39, 0.29) is 29.5 Å². The summed E-state index contributed by atoms with van der Waals surface area (Å²) in [6, 6.07) is 7.25. The summed E-state index contributed by atoms with van der Waals surface area (Å²) in [7, 11) is 1.58. The molecule has 30 heavy (non-hydrogen) atoms. The summed E-state index contributed by atoms with van der Waals surface area (Å²) in [5, 5.41) is 6.19. The highest BCUT2D eigenvalue weighted by molar-refractivity contribution is 7.99. The van der Waals surface area contributed by atoms with Crippen molar-refractivity contribution in [3.63, 3.8) is 0 Å². The van der Waals surface area contributed by atoms with Gasteiger partial charge in [0.15, 0.2) is 0 Å². The number of thioether (sulfide) groups is 1. The molecule has 0 atom stereocenters. The second kappa shape index (κ2) is 9.01. The van der Waals surface area contributed by atoms with E-state index in [1.54, 1.807) is 24.5 Å². The Morgan fingerprint density at radius 2 is 2.07 bits per heavy atom. The molecule has 2 heterocycles. The first kappa shape index (κ1) is 20.6. The Morgan fingerprint density at radius 1 is 1.23 bits per heavy atom. The molecule has 0 saturated carbocycles. The van der Waals surface area contributed by atoms with Crippen molar-refractivity contribution in [1.29, 1.82) is 0 Å². The van der Waals surface area contributed by atoms with Gasteiger partial charge in [-0.1, -0.05) is 18.2 Å². The van der Waals surface area contributed by atoms with Gasteiger partial charge in [0.1, 0.15) is 10.7 Å². The molecule has 156 valence electrons. The summed E-state index contributed by atoms with van der Waals surface area (Å²) in [6.07, 6.45) is 3.29. The molecule has 2 aromatic heterocycles. The molecule has 7 nitrogen and oxygen atoms in total. The number of H-pyrrole nitrogens is 1. The molecule has 3 aromatic rings. The minimum Gasteiger partial charge on any atom is -0.359 e. The lowest BCUT2D eigenvalue weighted by atomic mass is 10.1. The topological polar surface area (TPSA) is 104 Å². The third-order valence-corrected chi connectivity index (χ3v) is 7.15. The van der Waals surface area contributed by atoms with Crippen molar-refractivity contribution in [2.45, 2.75) is 31.4 Å². The van der Waals surface area contributed by atoms with Crippen LogP contribution in [0.15, 0.2) is 29.1 Å². The predicted octanol–water partition coefficient (Wildman–Crippen LogP) is 2.63. The maximum Gasteiger partial charge on any atom is 0.259 e. The van der Waals surface area contributed by atoms with Crippen molar-refractivity contribution < 1.29 is 9.59 Å². The van der Waals surface area contributed by atoms with Crippen LogP contribution in [0.1, 0.15) is 28.2 Å². The number of anilines is 1. The van der Waals surface area contributed by atoms with Gasteiger partial charge in [0.2, 0.25) is 11.8 Å². The Balaban J connectivity index is 1.36. The number of rotatable bonds is 7. The van der Waals surface area contributed by atoms with Crippen molar-refractivity contribution in [3.05, 3.63) is 56.4 Å². The van der Waals surface area contributed by atoms with Gasteiger partial charge in [-0.2, -0.15) is 0 Å². The first-order valence-electron chi connectivity index (χ1n) is 9.74. The summed E-state index contributed by atoms with van der Waals surface area (Å²) < 4.78 is 0. The van der Waals surface area contributed by atoms with E-state index >= 15 is 0 Å². The maximum atomic E-state index is 12.5. The van der Waals surface area contributed by atoms with Gasteiger partial charge in [0, 0.05) is 17.6 Å². The Kier molecular flexibility index (Phi) is 6.19. The Labute approximate surface area is 181 Å². The average Bonchev–Trinajstić information content (AvgIpc) is 3.30. The van der Waals surface area contributed by atoms with Gasteiger partial charge >= 0.3 is 0 Å². The Hall–Kier alpha value is -2.65.